The van der Waals surface area contributed by atoms with Gasteiger partial charge in [0.2, 0.25) is 5.91 Å². The lowest BCUT2D eigenvalue weighted by molar-refractivity contribution is -0.137. The molecule has 0 saturated carbocycles. The van der Waals surface area contributed by atoms with Crippen molar-refractivity contribution < 1.29 is 14.7 Å². The van der Waals surface area contributed by atoms with Crippen molar-refractivity contribution in [2.45, 2.75) is 51.4 Å². The van der Waals surface area contributed by atoms with Crippen LogP contribution in [-0.4, -0.2) is 17.0 Å². The maximum atomic E-state index is 12.0. The lowest BCUT2D eigenvalue weighted by Crippen LogP contribution is -2.12. The smallest absolute Gasteiger partial charge is 0.303 e. The van der Waals surface area contributed by atoms with E-state index in [1.54, 1.807) is 0 Å². The molecule has 0 aliphatic rings. The summed E-state index contributed by atoms with van der Waals surface area (Å²) >= 11 is 10.3. The number of benzene rings is 1. The van der Waals surface area contributed by atoms with Crippen LogP contribution >= 0.6 is 47.8 Å². The molecule has 23 heavy (non-hydrogen) atoms. The Labute approximate surface area is 161 Å². The van der Waals surface area contributed by atoms with E-state index in [-0.39, 0.29) is 12.3 Å². The van der Waals surface area contributed by atoms with Gasteiger partial charge in [-0.05, 0) is 56.8 Å². The number of unbranched alkanes of at least 4 members (excludes halogenated alkanes) is 5. The summed E-state index contributed by atoms with van der Waals surface area (Å²) in [5.74, 6) is -0.730. The second-order valence-electron chi connectivity index (χ2n) is 5.31. The van der Waals surface area contributed by atoms with Crippen LogP contribution in [0.3, 0.4) is 0 Å². The minimum Gasteiger partial charge on any atom is -0.481 e. The fourth-order valence-corrected chi connectivity index (χ4v) is 4.59. The third kappa shape index (κ3) is 8.86. The second kappa shape index (κ2) is 11.2. The quantitative estimate of drug-likeness (QED) is 0.370. The average molecular weight is 514 g/mol. The molecule has 0 heterocycles. The van der Waals surface area contributed by atoms with Gasteiger partial charge in [-0.3, -0.25) is 9.59 Å². The van der Waals surface area contributed by atoms with Crippen LogP contribution in [0.1, 0.15) is 51.4 Å². The maximum absolute atomic E-state index is 12.0. The summed E-state index contributed by atoms with van der Waals surface area (Å²) in [5.41, 5.74) is 0.742. The van der Waals surface area contributed by atoms with E-state index in [0.717, 1.165) is 57.6 Å². The van der Waals surface area contributed by atoms with Gasteiger partial charge in [0, 0.05) is 26.3 Å². The van der Waals surface area contributed by atoms with E-state index in [9.17, 15) is 9.59 Å². The number of nitrogens with one attached hydrogen (secondary N) is 1. The van der Waals surface area contributed by atoms with E-state index >= 15 is 0 Å². The zero-order chi connectivity index (χ0) is 17.2. The van der Waals surface area contributed by atoms with Crippen LogP contribution in [0.15, 0.2) is 25.6 Å². The molecule has 1 aromatic rings. The first-order valence-electron chi connectivity index (χ1n) is 7.56. The molecule has 0 fully saturated rings. The molecule has 1 aromatic carbocycles. The molecular weight excluding hydrogens is 494 g/mol. The van der Waals surface area contributed by atoms with Crippen LogP contribution in [0.25, 0.3) is 0 Å². The molecule has 1 amide bonds. The SMILES string of the molecule is O=C(O)CCCCCCCCC(=O)Nc1c(Br)cc(Br)cc1Br. The topological polar surface area (TPSA) is 66.4 Å². The number of carboxylic acid groups (broad SMARTS) is 1. The fraction of sp³-hybridized carbons (Fsp3) is 0.500. The number of amides is 1. The standard InChI is InChI=1S/C16H20Br3NO3/c17-11-9-12(18)16(13(19)10-11)20-14(21)7-5-3-1-2-4-6-8-15(22)23/h9-10H,1-8H2,(H,20,21)(H,22,23). The van der Waals surface area contributed by atoms with Crippen molar-refractivity contribution in [3.63, 3.8) is 0 Å². The molecule has 4 nitrogen and oxygen atoms in total. The molecule has 0 aromatic heterocycles. The third-order valence-corrected chi connectivity index (χ3v) is 5.02. The van der Waals surface area contributed by atoms with E-state index in [1.165, 1.54) is 0 Å². The minimum atomic E-state index is -0.730. The summed E-state index contributed by atoms with van der Waals surface area (Å²) in [6, 6.07) is 3.77. The van der Waals surface area contributed by atoms with Crippen molar-refractivity contribution in [1.82, 2.24) is 0 Å². The highest BCUT2D eigenvalue weighted by molar-refractivity contribution is 9.11. The minimum absolute atomic E-state index is 0.000371. The first-order valence-corrected chi connectivity index (χ1v) is 9.94. The van der Waals surface area contributed by atoms with Crippen molar-refractivity contribution >= 4 is 65.4 Å². The van der Waals surface area contributed by atoms with Gasteiger partial charge in [-0.2, -0.15) is 0 Å². The van der Waals surface area contributed by atoms with E-state index in [1.807, 2.05) is 12.1 Å². The van der Waals surface area contributed by atoms with Crippen LogP contribution in [0.2, 0.25) is 0 Å². The van der Waals surface area contributed by atoms with Gasteiger partial charge in [0.1, 0.15) is 0 Å². The van der Waals surface area contributed by atoms with E-state index in [0.29, 0.717) is 6.42 Å². The number of rotatable bonds is 10. The number of halogens is 3. The highest BCUT2D eigenvalue weighted by Crippen LogP contribution is 2.34. The van der Waals surface area contributed by atoms with Gasteiger partial charge >= 0.3 is 5.97 Å². The number of carbonyl (C=O) groups is 2. The van der Waals surface area contributed by atoms with Gasteiger partial charge in [-0.25, -0.2) is 0 Å². The molecule has 0 spiro atoms. The second-order valence-corrected chi connectivity index (χ2v) is 7.93. The summed E-state index contributed by atoms with van der Waals surface area (Å²) in [5, 5.41) is 11.4. The molecule has 128 valence electrons. The summed E-state index contributed by atoms with van der Waals surface area (Å²) in [6.07, 6.45) is 6.32. The Kier molecular flexibility index (Phi) is 10.1. The molecule has 0 aliphatic carbocycles. The Bertz CT molecular complexity index is 526. The monoisotopic (exact) mass is 511 g/mol. The van der Waals surface area contributed by atoms with Gasteiger partial charge in [0.05, 0.1) is 5.69 Å². The molecule has 0 saturated heterocycles. The number of aliphatic carboxylic acids is 1. The molecule has 0 unspecified atom stereocenters. The van der Waals surface area contributed by atoms with Crippen LogP contribution in [0, 0.1) is 0 Å². The zero-order valence-electron chi connectivity index (χ0n) is 12.7. The van der Waals surface area contributed by atoms with Gasteiger partial charge in [-0.15, -0.1) is 0 Å². The third-order valence-electron chi connectivity index (χ3n) is 3.32. The molecular formula is C16H20Br3NO3. The Hall–Kier alpha value is -0.400. The predicted molar refractivity (Wildman–Crippen MR) is 103 cm³/mol. The summed E-state index contributed by atoms with van der Waals surface area (Å²) in [6.45, 7) is 0. The van der Waals surface area contributed by atoms with Gasteiger partial charge in [0.15, 0.2) is 0 Å². The molecule has 0 aliphatic heterocycles. The molecule has 0 radical (unpaired) electrons. The largest absolute Gasteiger partial charge is 0.481 e. The van der Waals surface area contributed by atoms with E-state index in [2.05, 4.69) is 53.1 Å². The van der Waals surface area contributed by atoms with Crippen molar-refractivity contribution in [1.29, 1.82) is 0 Å². The lowest BCUT2D eigenvalue weighted by Gasteiger charge is -2.10. The summed E-state index contributed by atoms with van der Waals surface area (Å²) in [4.78, 5) is 22.4. The van der Waals surface area contributed by atoms with Crippen LogP contribution in [0.5, 0.6) is 0 Å². The highest BCUT2D eigenvalue weighted by Gasteiger charge is 2.10. The van der Waals surface area contributed by atoms with Gasteiger partial charge in [-0.1, -0.05) is 41.6 Å². The number of hydrogen-bond acceptors (Lipinski definition) is 2. The molecule has 2 N–H and O–H groups in total. The van der Waals surface area contributed by atoms with E-state index < -0.39 is 5.97 Å². The Morgan fingerprint density at radius 2 is 1.35 bits per heavy atom. The fourth-order valence-electron chi connectivity index (χ4n) is 2.13. The van der Waals surface area contributed by atoms with Crippen molar-refractivity contribution in [3.05, 3.63) is 25.6 Å². The zero-order valence-corrected chi connectivity index (χ0v) is 17.5. The van der Waals surface area contributed by atoms with Crippen molar-refractivity contribution in [3.8, 4) is 0 Å². The average Bonchev–Trinajstić information content (AvgIpc) is 2.45. The molecule has 7 heteroatoms. The number of hydrogen-bond donors (Lipinski definition) is 2. The molecule has 0 atom stereocenters. The predicted octanol–water partition coefficient (Wildman–Crippen LogP) is 6.12. The lowest BCUT2D eigenvalue weighted by atomic mass is 10.1. The Balaban J connectivity index is 2.19. The Morgan fingerprint density at radius 1 is 0.870 bits per heavy atom. The molecule has 1 rings (SSSR count). The van der Waals surface area contributed by atoms with Crippen molar-refractivity contribution in [2.24, 2.45) is 0 Å². The van der Waals surface area contributed by atoms with E-state index in [4.69, 9.17) is 5.11 Å². The first-order chi connectivity index (χ1) is 10.9. The normalized spacial score (nSPS) is 10.6. The maximum Gasteiger partial charge on any atom is 0.303 e. The van der Waals surface area contributed by atoms with Crippen molar-refractivity contribution in [2.75, 3.05) is 5.32 Å². The van der Waals surface area contributed by atoms with Crippen LogP contribution in [0.4, 0.5) is 5.69 Å². The Morgan fingerprint density at radius 3 is 1.87 bits per heavy atom. The number of carboxylic acids is 1. The summed E-state index contributed by atoms with van der Waals surface area (Å²) in [7, 11) is 0. The number of carbonyl (C=O) groups excluding carboxylic acids is 1. The highest BCUT2D eigenvalue weighted by atomic mass is 79.9. The van der Waals surface area contributed by atoms with Gasteiger partial charge < -0.3 is 10.4 Å². The molecule has 0 bridgehead atoms. The summed E-state index contributed by atoms with van der Waals surface area (Å²) < 4.78 is 2.58. The van der Waals surface area contributed by atoms with Crippen LogP contribution in [-0.2, 0) is 9.59 Å². The number of anilines is 1. The first kappa shape index (κ1) is 20.6. The van der Waals surface area contributed by atoms with Gasteiger partial charge in [0.25, 0.3) is 0 Å². The van der Waals surface area contributed by atoms with Crippen LogP contribution < -0.4 is 5.32 Å².